The van der Waals surface area contributed by atoms with Crippen LogP contribution in [0.5, 0.6) is 0 Å². The Balaban J connectivity index is 2.57. The van der Waals surface area contributed by atoms with Gasteiger partial charge in [0.05, 0.1) is 11.3 Å². The highest BCUT2D eigenvalue weighted by Gasteiger charge is 2.42. The van der Waals surface area contributed by atoms with Crippen molar-refractivity contribution in [2.45, 2.75) is 6.30 Å². The fraction of sp³-hybridized carbons (Fsp3) is 0.100. The van der Waals surface area contributed by atoms with Crippen molar-refractivity contribution in [2.24, 2.45) is 0 Å². The first-order valence-electron chi connectivity index (χ1n) is 4.48. The Morgan fingerprint density at radius 3 is 2.65 bits per heavy atom. The lowest BCUT2D eigenvalue weighted by Crippen LogP contribution is -2.41. The number of carbonyl (C=O) groups is 3. The molecule has 1 aromatic carbocycles. The molecule has 0 fully saturated rings. The van der Waals surface area contributed by atoms with Crippen LogP contribution in [0.3, 0.4) is 0 Å². The molecular formula is C10H5BrFNO4. The van der Waals surface area contributed by atoms with E-state index in [9.17, 15) is 18.8 Å². The Morgan fingerprint density at radius 2 is 2.06 bits per heavy atom. The maximum absolute atomic E-state index is 13.4. The molecule has 0 saturated heterocycles. The van der Waals surface area contributed by atoms with Gasteiger partial charge in [-0.05, 0) is 18.2 Å². The zero-order valence-electron chi connectivity index (χ0n) is 8.18. The second-order valence-electron chi connectivity index (χ2n) is 3.34. The lowest BCUT2D eigenvalue weighted by molar-refractivity contribution is -0.144. The third-order valence-corrected chi connectivity index (χ3v) is 2.80. The molecule has 5 nitrogen and oxygen atoms in total. The maximum atomic E-state index is 13.4. The minimum atomic E-state index is -2.57. The number of hydrogen-bond donors (Lipinski definition) is 1. The van der Waals surface area contributed by atoms with Crippen molar-refractivity contribution in [3.8, 4) is 0 Å². The van der Waals surface area contributed by atoms with Gasteiger partial charge in [0.2, 0.25) is 0 Å². The average molecular weight is 302 g/mol. The van der Waals surface area contributed by atoms with Gasteiger partial charge in [-0.1, -0.05) is 15.9 Å². The molecule has 0 aliphatic carbocycles. The zero-order valence-corrected chi connectivity index (χ0v) is 9.77. The summed E-state index contributed by atoms with van der Waals surface area (Å²) in [5.41, 5.74) is -0.0358. The van der Waals surface area contributed by atoms with E-state index < -0.39 is 24.0 Å². The quantitative estimate of drug-likeness (QED) is 0.661. The van der Waals surface area contributed by atoms with Crippen LogP contribution in [-0.4, -0.2) is 29.1 Å². The van der Waals surface area contributed by atoms with Crippen molar-refractivity contribution in [1.29, 1.82) is 0 Å². The van der Waals surface area contributed by atoms with Crippen LogP contribution in [0, 0.1) is 0 Å². The van der Waals surface area contributed by atoms with Crippen LogP contribution in [-0.2, 0) is 9.59 Å². The largest absolute Gasteiger partial charge is 0.478 e. The Morgan fingerprint density at radius 1 is 1.41 bits per heavy atom. The number of rotatable bonds is 2. The van der Waals surface area contributed by atoms with Gasteiger partial charge in [0.25, 0.3) is 12.1 Å². The Hall–Kier alpha value is -1.76. The van der Waals surface area contributed by atoms with Crippen molar-refractivity contribution in [3.05, 3.63) is 28.2 Å². The Labute approximate surface area is 103 Å². The summed E-state index contributed by atoms with van der Waals surface area (Å²) in [4.78, 5) is 33.8. The molecule has 0 aromatic heterocycles. The third-order valence-electron chi connectivity index (χ3n) is 2.31. The number of aliphatic carboxylic acids is 1. The molecule has 1 aliphatic rings. The van der Waals surface area contributed by atoms with Crippen LogP contribution in [0.4, 0.5) is 10.1 Å². The van der Waals surface area contributed by atoms with E-state index in [1.54, 1.807) is 0 Å². The van der Waals surface area contributed by atoms with Gasteiger partial charge in [-0.3, -0.25) is 14.5 Å². The van der Waals surface area contributed by atoms with Crippen LogP contribution in [0.1, 0.15) is 10.4 Å². The molecule has 88 valence electrons. The van der Waals surface area contributed by atoms with E-state index in [0.717, 1.165) is 0 Å². The molecular weight excluding hydrogens is 297 g/mol. The number of Topliss-reactive ketones (excluding diaryl/α,β-unsaturated/α-hetero) is 1. The van der Waals surface area contributed by atoms with Gasteiger partial charge in [-0.15, -0.1) is 0 Å². The number of anilines is 1. The summed E-state index contributed by atoms with van der Waals surface area (Å²) in [6.45, 7) is 0. The van der Waals surface area contributed by atoms with E-state index in [0.29, 0.717) is 9.37 Å². The summed E-state index contributed by atoms with van der Waals surface area (Å²) in [7, 11) is 0. The number of alkyl halides is 1. The molecule has 2 rings (SSSR count). The highest BCUT2D eigenvalue weighted by Crippen LogP contribution is 2.33. The van der Waals surface area contributed by atoms with Crippen LogP contribution in [0.15, 0.2) is 22.7 Å². The van der Waals surface area contributed by atoms with Crippen LogP contribution < -0.4 is 4.90 Å². The summed E-state index contributed by atoms with van der Waals surface area (Å²) in [6, 6.07) is 4.18. The summed E-state index contributed by atoms with van der Waals surface area (Å²) in [6.07, 6.45) is -2.57. The van der Waals surface area contributed by atoms with Gasteiger partial charge < -0.3 is 5.11 Å². The smallest absolute Gasteiger partial charge is 0.360 e. The standard InChI is InChI=1S/C10H5BrFNO4/c11-4-1-2-5-6(3-4)13(8(12)10(16)17)9(15)7(5)14/h1-3,8H,(H,16,17). The van der Waals surface area contributed by atoms with Crippen molar-refractivity contribution < 1.29 is 23.9 Å². The van der Waals surface area contributed by atoms with E-state index in [1.807, 2.05) is 0 Å². The molecule has 0 saturated carbocycles. The molecule has 17 heavy (non-hydrogen) atoms. The average Bonchev–Trinajstić information content (AvgIpc) is 2.50. The van der Waals surface area contributed by atoms with Gasteiger partial charge in [-0.2, -0.15) is 0 Å². The Bertz CT molecular complexity index is 545. The number of carboxylic acid groups (broad SMARTS) is 1. The van der Waals surface area contributed by atoms with Crippen molar-refractivity contribution >= 4 is 39.3 Å². The van der Waals surface area contributed by atoms with E-state index in [4.69, 9.17) is 5.11 Å². The van der Waals surface area contributed by atoms with E-state index in [-0.39, 0.29) is 11.3 Å². The summed E-state index contributed by atoms with van der Waals surface area (Å²) in [5.74, 6) is -3.90. The first-order chi connectivity index (χ1) is 7.93. The number of fused-ring (bicyclic) bond motifs is 1. The molecule has 1 aliphatic heterocycles. The highest BCUT2D eigenvalue weighted by atomic mass is 79.9. The summed E-state index contributed by atoms with van der Waals surface area (Å²) in [5, 5.41) is 8.55. The second kappa shape index (κ2) is 3.92. The number of carbonyl (C=O) groups excluding carboxylic acids is 2. The molecule has 1 unspecified atom stereocenters. The molecule has 7 heteroatoms. The monoisotopic (exact) mass is 301 g/mol. The Kier molecular flexibility index (Phi) is 2.70. The van der Waals surface area contributed by atoms with Gasteiger partial charge >= 0.3 is 11.9 Å². The number of benzene rings is 1. The molecule has 1 amide bonds. The molecule has 1 aromatic rings. The number of halogens is 2. The lowest BCUT2D eigenvalue weighted by atomic mass is 10.1. The summed E-state index contributed by atoms with van der Waals surface area (Å²) >= 11 is 3.10. The first kappa shape index (κ1) is 11.7. The van der Waals surface area contributed by atoms with Gasteiger partial charge in [0, 0.05) is 4.47 Å². The lowest BCUT2D eigenvalue weighted by Gasteiger charge is -2.17. The fourth-order valence-corrected chi connectivity index (χ4v) is 1.91. The zero-order chi connectivity index (χ0) is 12.7. The van der Waals surface area contributed by atoms with Crippen molar-refractivity contribution in [2.75, 3.05) is 4.90 Å². The van der Waals surface area contributed by atoms with Gasteiger partial charge in [0.15, 0.2) is 0 Å². The van der Waals surface area contributed by atoms with E-state index in [1.165, 1.54) is 18.2 Å². The fourth-order valence-electron chi connectivity index (χ4n) is 1.57. The number of nitrogens with zero attached hydrogens (tertiary/aromatic N) is 1. The van der Waals surface area contributed by atoms with Crippen LogP contribution in [0.2, 0.25) is 0 Å². The molecule has 1 atom stereocenters. The van der Waals surface area contributed by atoms with Gasteiger partial charge in [-0.25, -0.2) is 9.18 Å². The molecule has 0 spiro atoms. The van der Waals surface area contributed by atoms with Crippen molar-refractivity contribution in [1.82, 2.24) is 0 Å². The minimum absolute atomic E-state index is 0.00194. The molecule has 1 heterocycles. The van der Waals surface area contributed by atoms with Crippen LogP contribution >= 0.6 is 15.9 Å². The predicted molar refractivity (Wildman–Crippen MR) is 58.5 cm³/mol. The van der Waals surface area contributed by atoms with Crippen molar-refractivity contribution in [3.63, 3.8) is 0 Å². The second-order valence-corrected chi connectivity index (χ2v) is 4.26. The minimum Gasteiger partial charge on any atom is -0.478 e. The number of amides is 1. The van der Waals surface area contributed by atoms with E-state index >= 15 is 0 Å². The molecule has 1 N–H and O–H groups in total. The molecule has 0 radical (unpaired) electrons. The first-order valence-corrected chi connectivity index (χ1v) is 5.27. The molecule has 0 bridgehead atoms. The third kappa shape index (κ3) is 1.72. The highest BCUT2D eigenvalue weighted by molar-refractivity contribution is 9.10. The maximum Gasteiger partial charge on any atom is 0.360 e. The number of hydrogen-bond acceptors (Lipinski definition) is 3. The normalized spacial score (nSPS) is 16.0. The predicted octanol–water partition coefficient (Wildman–Crippen LogP) is 1.36. The number of carboxylic acids is 1. The van der Waals surface area contributed by atoms with E-state index in [2.05, 4.69) is 15.9 Å². The van der Waals surface area contributed by atoms with Crippen LogP contribution in [0.25, 0.3) is 0 Å². The topological polar surface area (TPSA) is 74.7 Å². The number of ketones is 1. The van der Waals surface area contributed by atoms with Gasteiger partial charge in [0.1, 0.15) is 0 Å². The SMILES string of the molecule is O=C1C(=O)N(C(F)C(=O)O)c2cc(Br)ccc21. The summed E-state index contributed by atoms with van der Waals surface area (Å²) < 4.78 is 13.9.